The van der Waals surface area contributed by atoms with Crippen molar-refractivity contribution in [1.82, 2.24) is 28.9 Å². The molecule has 7 aromatic carbocycles. The van der Waals surface area contributed by atoms with E-state index in [9.17, 15) is 0 Å². The van der Waals surface area contributed by atoms with Gasteiger partial charge in [-0.3, -0.25) is 8.97 Å². The molecular weight excluding hydrogens is 1020 g/mol. The summed E-state index contributed by atoms with van der Waals surface area (Å²) in [4.78, 5) is 19.0. The molecule has 67 heavy (non-hydrogen) atoms. The van der Waals surface area contributed by atoms with Crippen LogP contribution in [0.15, 0.2) is 213 Å². The smallest absolute Gasteiger partial charge is 0.305 e. The van der Waals surface area contributed by atoms with Crippen molar-refractivity contribution in [1.29, 1.82) is 0 Å². The third-order valence-corrected chi connectivity index (χ3v) is 13.2. The molecule has 0 bridgehead atoms. The van der Waals surface area contributed by atoms with Crippen LogP contribution in [0, 0.1) is 18.2 Å². The molecule has 0 aliphatic rings. The molecule has 6 nitrogen and oxygen atoms in total. The first-order valence-corrected chi connectivity index (χ1v) is 22.6. The van der Waals surface area contributed by atoms with E-state index < -0.39 is 0 Å². The number of thiophene rings is 1. The number of rotatable bonds is 7. The summed E-state index contributed by atoms with van der Waals surface area (Å²) in [6.07, 6.45) is 6.24. The second-order valence-electron chi connectivity index (χ2n) is 16.0. The van der Waals surface area contributed by atoms with E-state index in [2.05, 4.69) is 152 Å². The first kappa shape index (κ1) is 41.8. The van der Waals surface area contributed by atoms with E-state index >= 15 is 0 Å². The predicted octanol–water partition coefficient (Wildman–Crippen LogP) is 14.3. The molecule has 0 atom stereocenters. The molecule has 0 N–H and O–H groups in total. The Morgan fingerprint density at radius 1 is 0.537 bits per heavy atom. The molecule has 13 rings (SSSR count). The third kappa shape index (κ3) is 7.81. The molecule has 0 saturated carbocycles. The van der Waals surface area contributed by atoms with Crippen LogP contribution < -0.4 is 0 Å². The number of hydrogen-bond acceptors (Lipinski definition) is 5. The fourth-order valence-corrected chi connectivity index (χ4v) is 10.2. The molecule has 0 aliphatic heterocycles. The maximum atomic E-state index is 5.23. The van der Waals surface area contributed by atoms with Gasteiger partial charge in [0.1, 0.15) is 0 Å². The Morgan fingerprint density at radius 2 is 1.31 bits per heavy atom. The Kier molecular flexibility index (Phi) is 11.4. The van der Waals surface area contributed by atoms with Crippen molar-refractivity contribution in [2.75, 3.05) is 0 Å². The van der Waals surface area contributed by atoms with Crippen molar-refractivity contribution in [2.45, 2.75) is 6.42 Å². The third-order valence-electron chi connectivity index (χ3n) is 12.0. The fraction of sp³-hybridized carbons (Fsp3) is 0.0169. The Hall–Kier alpha value is -7.87. The minimum atomic E-state index is 0. The minimum absolute atomic E-state index is 0. The summed E-state index contributed by atoms with van der Waals surface area (Å²) >= 11 is 1.81. The van der Waals surface area contributed by atoms with E-state index in [0.29, 0.717) is 0 Å². The van der Waals surface area contributed by atoms with Crippen molar-refractivity contribution >= 4 is 59.4 Å². The topological polar surface area (TPSA) is 60.9 Å². The van der Waals surface area contributed by atoms with Gasteiger partial charge in [-0.1, -0.05) is 101 Å². The molecule has 6 aromatic heterocycles. The van der Waals surface area contributed by atoms with Gasteiger partial charge >= 0.3 is 20.1 Å². The summed E-state index contributed by atoms with van der Waals surface area (Å²) in [7, 11) is 0. The maximum absolute atomic E-state index is 5.23. The molecule has 0 spiro atoms. The molecule has 0 fully saturated rings. The Bertz CT molecular complexity index is 3850. The molecular formula is C59H37IrN6S. The largest absolute Gasteiger partial charge is 3.00 e. The van der Waals surface area contributed by atoms with Crippen LogP contribution in [-0.2, 0) is 26.5 Å². The number of nitrogens with zero attached hydrogens (tertiary/aromatic N) is 6. The minimum Gasteiger partial charge on any atom is -0.305 e. The quantitative estimate of drug-likeness (QED) is 0.149. The van der Waals surface area contributed by atoms with Crippen molar-refractivity contribution < 1.29 is 20.1 Å². The monoisotopic (exact) mass is 1050 g/mol. The van der Waals surface area contributed by atoms with Crippen molar-refractivity contribution in [3.63, 3.8) is 0 Å². The summed E-state index contributed by atoms with van der Waals surface area (Å²) < 4.78 is 7.16. The second kappa shape index (κ2) is 18.2. The number of pyridine rings is 3. The van der Waals surface area contributed by atoms with E-state index in [1.54, 1.807) is 0 Å². The maximum Gasteiger partial charge on any atom is 3.00 e. The molecule has 8 heteroatoms. The first-order valence-electron chi connectivity index (χ1n) is 21.8. The number of hydrogen-bond donors (Lipinski definition) is 0. The summed E-state index contributed by atoms with van der Waals surface area (Å²) in [5.74, 6) is 0.874. The second-order valence-corrected chi connectivity index (χ2v) is 17.0. The van der Waals surface area contributed by atoms with E-state index in [0.717, 1.165) is 90.4 Å². The van der Waals surface area contributed by atoms with Gasteiger partial charge in [0.15, 0.2) is 0 Å². The number of benzene rings is 7. The first-order chi connectivity index (χ1) is 32.7. The zero-order chi connectivity index (χ0) is 43.8. The standard InChI is InChI=1S/C42H27N5.C17H10NS.Ir/c1-3-12-30(13-4-1)40-33(16-11-25-44-40)26-29-22-23-37-39(27-29)47-41-35(31-14-9-15-32(28-31)36-20-7-8-24-43-36)19-10-21-38(41)46(42(47)45-37)34-17-5-2-6-18-34;1-2-10-16-12(6-1)13-7-5-8-14(17(13)19-16)15-9-3-4-11-18-15;/h1-12,14,16-25,27-28H,26H2;1-7,9-11H;/q-2;-1;+3. The molecule has 0 saturated heterocycles. The zero-order valence-electron chi connectivity index (χ0n) is 35.8. The SMILES string of the molecule is [Ir+3].[c-]1ccc(-c2cccc3c2n2c4cc(Cc5cccnc5-c5[c-]cccc5)ccc4nc2n3-c2ccccc2)cc1-c1ccccn1.[c-]1ccc2c(sc3ccccc32)c1-c1ccccn1. The summed E-state index contributed by atoms with van der Waals surface area (Å²) in [5, 5.41) is 2.61. The fourth-order valence-electron chi connectivity index (χ4n) is 8.99. The van der Waals surface area contributed by atoms with Gasteiger partial charge < -0.3 is 15.0 Å². The predicted molar refractivity (Wildman–Crippen MR) is 270 cm³/mol. The number of para-hydroxylation sites is 2. The van der Waals surface area contributed by atoms with E-state index in [1.165, 1.54) is 25.7 Å². The van der Waals surface area contributed by atoms with Gasteiger partial charge in [-0.2, -0.15) is 11.3 Å². The van der Waals surface area contributed by atoms with Crippen LogP contribution in [-0.4, -0.2) is 28.9 Å². The van der Waals surface area contributed by atoms with E-state index in [4.69, 9.17) is 9.97 Å². The molecule has 0 amide bonds. The van der Waals surface area contributed by atoms with Crippen LogP contribution in [0.3, 0.4) is 0 Å². The van der Waals surface area contributed by atoms with Crippen LogP contribution in [0.1, 0.15) is 11.1 Å². The van der Waals surface area contributed by atoms with Crippen LogP contribution in [0.25, 0.3) is 98.6 Å². The number of fused-ring (bicyclic) bond motifs is 8. The Balaban J connectivity index is 0.000000206. The molecule has 0 unspecified atom stereocenters. The van der Waals surface area contributed by atoms with Gasteiger partial charge in [-0.15, -0.1) is 89.5 Å². The molecule has 0 radical (unpaired) electrons. The van der Waals surface area contributed by atoms with Gasteiger partial charge in [0.05, 0.1) is 22.1 Å². The van der Waals surface area contributed by atoms with Crippen LogP contribution >= 0.6 is 11.3 Å². The summed E-state index contributed by atoms with van der Waals surface area (Å²) in [5.41, 5.74) is 15.7. The van der Waals surface area contributed by atoms with Crippen LogP contribution in [0.2, 0.25) is 0 Å². The zero-order valence-corrected chi connectivity index (χ0v) is 39.1. The average molecular weight is 1050 g/mol. The summed E-state index contributed by atoms with van der Waals surface area (Å²) in [6.45, 7) is 0. The van der Waals surface area contributed by atoms with Gasteiger partial charge in [0.2, 0.25) is 5.78 Å². The molecule has 6 heterocycles. The summed E-state index contributed by atoms with van der Waals surface area (Å²) in [6, 6.07) is 76.7. The van der Waals surface area contributed by atoms with Crippen molar-refractivity contribution in [2.24, 2.45) is 0 Å². The van der Waals surface area contributed by atoms with Gasteiger partial charge in [-0.05, 0) is 99.3 Å². The Labute approximate surface area is 404 Å². The normalized spacial score (nSPS) is 11.2. The van der Waals surface area contributed by atoms with Gasteiger partial charge in [0, 0.05) is 29.0 Å². The van der Waals surface area contributed by atoms with Crippen molar-refractivity contribution in [3.05, 3.63) is 242 Å². The van der Waals surface area contributed by atoms with E-state index in [-0.39, 0.29) is 20.1 Å². The van der Waals surface area contributed by atoms with Gasteiger partial charge in [0.25, 0.3) is 0 Å². The molecule has 13 aromatic rings. The average Bonchev–Trinajstić information content (AvgIpc) is 4.06. The van der Waals surface area contributed by atoms with E-state index in [1.807, 2.05) is 109 Å². The Morgan fingerprint density at radius 3 is 2.15 bits per heavy atom. The van der Waals surface area contributed by atoms with Crippen molar-refractivity contribution in [3.8, 4) is 50.6 Å². The molecule has 0 aliphatic carbocycles. The number of aromatic nitrogens is 6. The van der Waals surface area contributed by atoms with Crippen LogP contribution in [0.4, 0.5) is 0 Å². The van der Waals surface area contributed by atoms with Gasteiger partial charge in [-0.25, -0.2) is 4.98 Å². The number of imidazole rings is 2. The van der Waals surface area contributed by atoms with Crippen LogP contribution in [0.5, 0.6) is 0 Å². The molecule has 318 valence electrons.